The summed E-state index contributed by atoms with van der Waals surface area (Å²) < 4.78 is 25.1. The number of aryl methyl sites for hydroxylation is 1. The molecule has 3 rings (SSSR count). The van der Waals surface area contributed by atoms with Crippen molar-refractivity contribution in [2.45, 2.75) is 18.9 Å². The van der Waals surface area contributed by atoms with Gasteiger partial charge in [-0.3, -0.25) is 0 Å². The Labute approximate surface area is 137 Å². The van der Waals surface area contributed by atoms with Gasteiger partial charge in [-0.05, 0) is 26.0 Å². The summed E-state index contributed by atoms with van der Waals surface area (Å²) >= 11 is -1.51. The van der Waals surface area contributed by atoms with Gasteiger partial charge in [-0.1, -0.05) is 0 Å². The molecule has 7 heteroatoms. The Morgan fingerprint density at radius 3 is 2.61 bits per heavy atom. The van der Waals surface area contributed by atoms with Crippen LogP contribution in [-0.4, -0.2) is 32.7 Å². The highest BCUT2D eigenvalue weighted by Gasteiger charge is 2.24. The minimum atomic E-state index is -1.51. The Bertz CT molecular complexity index is 863. The van der Waals surface area contributed by atoms with Gasteiger partial charge < -0.3 is 14.0 Å². The van der Waals surface area contributed by atoms with Crippen LogP contribution in [0.2, 0.25) is 0 Å². The number of hydrogen-bond donors (Lipinski definition) is 0. The molecule has 0 N–H and O–H groups in total. The van der Waals surface area contributed by atoms with E-state index in [2.05, 4.69) is 9.97 Å². The number of nitrogens with zero attached hydrogens (tertiary/aromatic N) is 3. The van der Waals surface area contributed by atoms with E-state index in [4.69, 9.17) is 9.47 Å². The quantitative estimate of drug-likeness (QED) is 0.687. The lowest BCUT2D eigenvalue weighted by Gasteiger charge is -2.14. The fraction of sp³-hybridized carbons (Fsp3) is 0.250. The molecule has 1 atom stereocenters. The molecule has 0 spiro atoms. The molecule has 1 aromatic carbocycles. The van der Waals surface area contributed by atoms with Crippen molar-refractivity contribution in [1.82, 2.24) is 13.9 Å². The van der Waals surface area contributed by atoms with Gasteiger partial charge >= 0.3 is 0 Å². The summed E-state index contributed by atoms with van der Waals surface area (Å²) in [6.45, 7) is 3.76. The number of fused-ring (bicyclic) bond motifs is 1. The Morgan fingerprint density at radius 2 is 1.91 bits per heavy atom. The van der Waals surface area contributed by atoms with Crippen molar-refractivity contribution >= 4 is 22.4 Å². The summed E-state index contributed by atoms with van der Waals surface area (Å²) in [5, 5.41) is 0.461. The molecule has 120 valence electrons. The predicted molar refractivity (Wildman–Crippen MR) is 88.4 cm³/mol. The van der Waals surface area contributed by atoms with Crippen molar-refractivity contribution in [3.63, 3.8) is 0 Å². The highest BCUT2D eigenvalue weighted by atomic mass is 32.2. The molecular formula is C16H17N3O3S. The molecule has 3 aromatic rings. The van der Waals surface area contributed by atoms with Crippen molar-refractivity contribution < 1.29 is 14.0 Å². The van der Waals surface area contributed by atoms with E-state index in [0.29, 0.717) is 16.5 Å². The van der Waals surface area contributed by atoms with Crippen LogP contribution in [0.25, 0.3) is 11.0 Å². The summed E-state index contributed by atoms with van der Waals surface area (Å²) in [4.78, 5) is 8.62. The van der Waals surface area contributed by atoms with Gasteiger partial charge in [0.2, 0.25) is 0 Å². The van der Waals surface area contributed by atoms with Gasteiger partial charge in [-0.25, -0.2) is 9.97 Å². The number of pyridine rings is 1. The van der Waals surface area contributed by atoms with E-state index >= 15 is 0 Å². The Balaban J connectivity index is 2.09. The third-order valence-corrected chi connectivity index (χ3v) is 5.06. The van der Waals surface area contributed by atoms with E-state index in [1.54, 1.807) is 36.8 Å². The first-order valence-corrected chi connectivity index (χ1v) is 8.11. The lowest BCUT2D eigenvalue weighted by molar-refractivity contribution is 0.405. The molecule has 0 aliphatic carbocycles. The number of methoxy groups -OCH3 is 2. The number of aromatic nitrogens is 3. The zero-order chi connectivity index (χ0) is 16.6. The normalized spacial score (nSPS) is 12.4. The minimum Gasteiger partial charge on any atom is -0.586 e. The number of imidazole rings is 1. The molecule has 2 heterocycles. The molecule has 0 radical (unpaired) electrons. The summed E-state index contributed by atoms with van der Waals surface area (Å²) in [6.07, 6.45) is 3.22. The van der Waals surface area contributed by atoms with Crippen molar-refractivity contribution in [2.24, 2.45) is 0 Å². The van der Waals surface area contributed by atoms with Crippen LogP contribution in [0.1, 0.15) is 11.1 Å². The number of hydrogen-bond acceptors (Lipinski definition) is 5. The first-order chi connectivity index (χ1) is 11.1. The summed E-state index contributed by atoms with van der Waals surface area (Å²) in [5.41, 5.74) is 3.14. The lowest BCUT2D eigenvalue weighted by atomic mass is 10.2. The molecule has 0 bridgehead atoms. The van der Waals surface area contributed by atoms with Crippen LogP contribution in [0.4, 0.5) is 0 Å². The van der Waals surface area contributed by atoms with Crippen LogP contribution >= 0.6 is 0 Å². The number of ether oxygens (including phenoxy) is 2. The van der Waals surface area contributed by atoms with Gasteiger partial charge in [-0.15, -0.1) is 3.97 Å². The van der Waals surface area contributed by atoms with Gasteiger partial charge in [0.05, 0.1) is 25.3 Å². The van der Waals surface area contributed by atoms with Crippen LogP contribution in [-0.2, 0) is 11.4 Å². The first-order valence-electron chi connectivity index (χ1n) is 7.00. The van der Waals surface area contributed by atoms with Gasteiger partial charge in [0.1, 0.15) is 34.7 Å². The maximum Gasteiger partial charge on any atom is 0.278 e. The second-order valence-corrected chi connectivity index (χ2v) is 6.36. The van der Waals surface area contributed by atoms with Crippen molar-refractivity contribution in [3.05, 3.63) is 41.9 Å². The summed E-state index contributed by atoms with van der Waals surface area (Å²) in [6, 6.07) is 5.45. The van der Waals surface area contributed by atoms with Crippen LogP contribution in [0.5, 0.6) is 11.5 Å². The van der Waals surface area contributed by atoms with Crippen LogP contribution in [0, 0.1) is 13.8 Å². The minimum absolute atomic E-state index is 0.461. The van der Waals surface area contributed by atoms with E-state index < -0.39 is 11.4 Å². The fourth-order valence-corrected chi connectivity index (χ4v) is 3.67. The Hall–Kier alpha value is -2.25. The SMILES string of the molecule is COc1ccc2c(c1)ncn2[S+]([O-])c1ncc(C)c(OC)c1C. The van der Waals surface area contributed by atoms with E-state index in [0.717, 1.165) is 22.2 Å². The molecule has 0 saturated heterocycles. The van der Waals surface area contributed by atoms with Crippen molar-refractivity contribution in [1.29, 1.82) is 0 Å². The molecule has 1 unspecified atom stereocenters. The maximum absolute atomic E-state index is 13.0. The van der Waals surface area contributed by atoms with E-state index in [1.807, 2.05) is 26.0 Å². The zero-order valence-electron chi connectivity index (χ0n) is 13.4. The molecule has 23 heavy (non-hydrogen) atoms. The molecule has 0 amide bonds. The van der Waals surface area contributed by atoms with Crippen LogP contribution in [0.3, 0.4) is 0 Å². The lowest BCUT2D eigenvalue weighted by Crippen LogP contribution is -2.16. The van der Waals surface area contributed by atoms with Crippen molar-refractivity contribution in [2.75, 3.05) is 14.2 Å². The molecule has 2 aromatic heterocycles. The van der Waals surface area contributed by atoms with Crippen LogP contribution in [0.15, 0.2) is 35.7 Å². The van der Waals surface area contributed by atoms with Crippen molar-refractivity contribution in [3.8, 4) is 11.5 Å². The topological polar surface area (TPSA) is 72.2 Å². The largest absolute Gasteiger partial charge is 0.586 e. The van der Waals surface area contributed by atoms with E-state index in [-0.39, 0.29) is 0 Å². The summed E-state index contributed by atoms with van der Waals surface area (Å²) in [5.74, 6) is 1.41. The molecular weight excluding hydrogens is 314 g/mol. The van der Waals surface area contributed by atoms with Gasteiger partial charge in [0.15, 0.2) is 0 Å². The Kier molecular flexibility index (Phi) is 4.14. The Morgan fingerprint density at radius 1 is 1.13 bits per heavy atom. The molecule has 0 aliphatic rings. The summed E-state index contributed by atoms with van der Waals surface area (Å²) in [7, 11) is 3.20. The standard InChI is InChI=1S/C16H17N3O3S/c1-10-8-17-16(11(2)15(10)22-4)23(20)19-9-18-13-7-12(21-3)5-6-14(13)19/h5-9H,1-4H3. The third-order valence-electron chi connectivity index (χ3n) is 3.66. The molecule has 0 fully saturated rings. The molecule has 6 nitrogen and oxygen atoms in total. The molecule has 0 saturated carbocycles. The van der Waals surface area contributed by atoms with Gasteiger partial charge in [-0.2, -0.15) is 0 Å². The monoisotopic (exact) mass is 331 g/mol. The van der Waals surface area contributed by atoms with Gasteiger partial charge in [0.25, 0.3) is 5.03 Å². The third kappa shape index (κ3) is 2.62. The predicted octanol–water partition coefficient (Wildman–Crippen LogP) is 2.64. The van der Waals surface area contributed by atoms with E-state index in [1.165, 1.54) is 0 Å². The average molecular weight is 331 g/mol. The molecule has 0 aliphatic heterocycles. The maximum atomic E-state index is 13.0. The second kappa shape index (κ2) is 6.10. The zero-order valence-corrected chi connectivity index (χ0v) is 14.2. The number of rotatable bonds is 4. The fourth-order valence-electron chi connectivity index (χ4n) is 2.52. The first kappa shape index (κ1) is 15.6. The number of benzene rings is 1. The highest BCUT2D eigenvalue weighted by molar-refractivity contribution is 7.90. The second-order valence-electron chi connectivity index (χ2n) is 5.08. The average Bonchev–Trinajstić information content (AvgIpc) is 2.97. The smallest absolute Gasteiger partial charge is 0.278 e. The van der Waals surface area contributed by atoms with Crippen LogP contribution < -0.4 is 9.47 Å². The van der Waals surface area contributed by atoms with Gasteiger partial charge in [0, 0.05) is 17.8 Å². The highest BCUT2D eigenvalue weighted by Crippen LogP contribution is 2.29. The van der Waals surface area contributed by atoms with E-state index in [9.17, 15) is 4.55 Å².